The summed E-state index contributed by atoms with van der Waals surface area (Å²) in [7, 11) is 0. The van der Waals surface area contributed by atoms with Gasteiger partial charge in [0.05, 0.1) is 0 Å². The predicted octanol–water partition coefficient (Wildman–Crippen LogP) is 4.20. The maximum atomic E-state index is 6.19. The maximum Gasteiger partial charge on any atom is 0.0386 e. The van der Waals surface area contributed by atoms with Crippen LogP contribution in [0.2, 0.25) is 0 Å². The number of benzene rings is 1. The molecule has 1 aromatic carbocycles. The zero-order valence-corrected chi connectivity index (χ0v) is 12.3. The molecule has 0 saturated heterocycles. The minimum atomic E-state index is 0.167. The lowest BCUT2D eigenvalue weighted by atomic mass is 10.00. The van der Waals surface area contributed by atoms with Gasteiger partial charge < -0.3 is 5.73 Å². The Kier molecular flexibility index (Phi) is 6.07. The van der Waals surface area contributed by atoms with E-state index in [1.807, 2.05) is 11.8 Å². The lowest BCUT2D eigenvalue weighted by Crippen LogP contribution is -2.13. The van der Waals surface area contributed by atoms with Crippen LogP contribution in [0.15, 0.2) is 24.3 Å². The van der Waals surface area contributed by atoms with Gasteiger partial charge in [0.1, 0.15) is 0 Å². The van der Waals surface area contributed by atoms with E-state index in [9.17, 15) is 0 Å². The Morgan fingerprint density at radius 1 is 0.941 bits per heavy atom. The van der Waals surface area contributed by atoms with Crippen molar-refractivity contribution in [3.8, 4) is 0 Å². The molecule has 0 aliphatic carbocycles. The van der Waals surface area contributed by atoms with Crippen molar-refractivity contribution >= 4 is 11.8 Å². The molecule has 0 saturated carbocycles. The Hall–Kier alpha value is -0.470. The molecule has 2 heteroatoms. The predicted molar refractivity (Wildman–Crippen MR) is 79.6 cm³/mol. The molecular formula is C15H25NS. The van der Waals surface area contributed by atoms with Crippen LogP contribution in [-0.4, -0.2) is 11.5 Å². The average Bonchev–Trinajstić information content (AvgIpc) is 2.28. The molecule has 0 amide bonds. The summed E-state index contributed by atoms with van der Waals surface area (Å²) in [6.45, 7) is 8.92. The van der Waals surface area contributed by atoms with Crippen LogP contribution < -0.4 is 5.73 Å². The minimum absolute atomic E-state index is 0.167. The van der Waals surface area contributed by atoms with E-state index in [-0.39, 0.29) is 6.04 Å². The van der Waals surface area contributed by atoms with Gasteiger partial charge in [-0.05, 0) is 28.7 Å². The van der Waals surface area contributed by atoms with Crippen molar-refractivity contribution in [1.82, 2.24) is 0 Å². The second-order valence-electron chi connectivity index (χ2n) is 5.36. The Morgan fingerprint density at radius 3 is 1.94 bits per heavy atom. The van der Waals surface area contributed by atoms with Crippen molar-refractivity contribution in [2.75, 3.05) is 11.5 Å². The summed E-state index contributed by atoms with van der Waals surface area (Å²) in [5.41, 5.74) is 8.83. The van der Waals surface area contributed by atoms with Crippen LogP contribution in [0.4, 0.5) is 0 Å². The van der Waals surface area contributed by atoms with Crippen LogP contribution in [0.5, 0.6) is 0 Å². The normalized spacial score (nSPS) is 13.4. The van der Waals surface area contributed by atoms with E-state index in [2.05, 4.69) is 52.0 Å². The molecule has 1 atom stereocenters. The Bertz CT molecular complexity index is 316. The summed E-state index contributed by atoms with van der Waals surface area (Å²) in [6, 6.07) is 8.92. The third-order valence-corrected chi connectivity index (χ3v) is 4.28. The van der Waals surface area contributed by atoms with Gasteiger partial charge in [-0.1, -0.05) is 52.0 Å². The number of thioether (sulfide) groups is 1. The molecule has 0 aromatic heterocycles. The molecule has 0 aliphatic heterocycles. The van der Waals surface area contributed by atoms with Crippen molar-refractivity contribution in [2.45, 2.75) is 39.7 Å². The second-order valence-corrected chi connectivity index (χ2v) is 6.43. The van der Waals surface area contributed by atoms with Crippen LogP contribution >= 0.6 is 11.8 Å². The molecule has 0 radical (unpaired) electrons. The van der Waals surface area contributed by atoms with Gasteiger partial charge in [-0.25, -0.2) is 0 Å². The fourth-order valence-electron chi connectivity index (χ4n) is 1.66. The highest BCUT2D eigenvalue weighted by Crippen LogP contribution is 2.20. The monoisotopic (exact) mass is 251 g/mol. The molecule has 17 heavy (non-hydrogen) atoms. The first-order valence-corrected chi connectivity index (χ1v) is 7.59. The Morgan fingerprint density at radius 2 is 1.47 bits per heavy atom. The smallest absolute Gasteiger partial charge is 0.0386 e. The van der Waals surface area contributed by atoms with Crippen LogP contribution in [0.3, 0.4) is 0 Å². The maximum absolute atomic E-state index is 6.19. The van der Waals surface area contributed by atoms with Crippen molar-refractivity contribution in [3.63, 3.8) is 0 Å². The van der Waals surface area contributed by atoms with Gasteiger partial charge in [0, 0.05) is 11.8 Å². The lowest BCUT2D eigenvalue weighted by Gasteiger charge is -2.14. The fourth-order valence-corrected chi connectivity index (χ4v) is 2.71. The van der Waals surface area contributed by atoms with E-state index < -0.39 is 0 Å². The van der Waals surface area contributed by atoms with Crippen LogP contribution in [-0.2, 0) is 0 Å². The highest BCUT2D eigenvalue weighted by Gasteiger charge is 2.07. The van der Waals surface area contributed by atoms with Crippen molar-refractivity contribution < 1.29 is 0 Å². The number of hydrogen-bond donors (Lipinski definition) is 1. The summed E-state index contributed by atoms with van der Waals surface area (Å²) in [5, 5.41) is 0. The quantitative estimate of drug-likeness (QED) is 0.820. The standard InChI is InChI=1S/C15H25NS/c1-11(2)9-17-10-15(16)14-7-5-13(6-8-14)12(3)4/h5-8,11-12,15H,9-10,16H2,1-4H3. The fraction of sp³-hybridized carbons (Fsp3) is 0.600. The zero-order valence-electron chi connectivity index (χ0n) is 11.4. The second kappa shape index (κ2) is 7.07. The minimum Gasteiger partial charge on any atom is -0.323 e. The van der Waals surface area contributed by atoms with Gasteiger partial charge in [-0.2, -0.15) is 11.8 Å². The van der Waals surface area contributed by atoms with Crippen LogP contribution in [0.1, 0.15) is 50.8 Å². The van der Waals surface area contributed by atoms with Gasteiger partial charge in [-0.15, -0.1) is 0 Å². The number of rotatable bonds is 6. The average molecular weight is 251 g/mol. The zero-order chi connectivity index (χ0) is 12.8. The summed E-state index contributed by atoms with van der Waals surface area (Å²) < 4.78 is 0. The molecule has 2 N–H and O–H groups in total. The molecule has 1 rings (SSSR count). The largest absolute Gasteiger partial charge is 0.323 e. The van der Waals surface area contributed by atoms with E-state index in [1.54, 1.807) is 0 Å². The lowest BCUT2D eigenvalue weighted by molar-refractivity contribution is 0.746. The molecule has 0 aliphatic rings. The first-order chi connectivity index (χ1) is 8.00. The molecule has 0 heterocycles. The summed E-state index contributed by atoms with van der Waals surface area (Å²) >= 11 is 1.95. The number of hydrogen-bond acceptors (Lipinski definition) is 2. The van der Waals surface area contributed by atoms with Gasteiger partial charge in [0.25, 0.3) is 0 Å². The first-order valence-electron chi connectivity index (χ1n) is 6.44. The van der Waals surface area contributed by atoms with Gasteiger partial charge >= 0.3 is 0 Å². The molecular weight excluding hydrogens is 226 g/mol. The van der Waals surface area contributed by atoms with E-state index in [0.29, 0.717) is 5.92 Å². The van der Waals surface area contributed by atoms with Crippen molar-refractivity contribution in [3.05, 3.63) is 35.4 Å². The van der Waals surface area contributed by atoms with E-state index >= 15 is 0 Å². The van der Waals surface area contributed by atoms with E-state index in [4.69, 9.17) is 5.73 Å². The third-order valence-electron chi connectivity index (χ3n) is 2.78. The van der Waals surface area contributed by atoms with Crippen molar-refractivity contribution in [1.29, 1.82) is 0 Å². The first kappa shape index (κ1) is 14.6. The number of nitrogens with two attached hydrogens (primary N) is 1. The molecule has 1 unspecified atom stereocenters. The molecule has 1 aromatic rings. The molecule has 0 spiro atoms. The Labute approximate surface area is 110 Å². The third kappa shape index (κ3) is 5.13. The molecule has 1 nitrogen and oxygen atoms in total. The molecule has 96 valence electrons. The van der Waals surface area contributed by atoms with Gasteiger partial charge in [0.2, 0.25) is 0 Å². The van der Waals surface area contributed by atoms with E-state index in [0.717, 1.165) is 11.7 Å². The van der Waals surface area contributed by atoms with Gasteiger partial charge in [-0.3, -0.25) is 0 Å². The Balaban J connectivity index is 2.48. The topological polar surface area (TPSA) is 26.0 Å². The van der Waals surface area contributed by atoms with Crippen molar-refractivity contribution in [2.24, 2.45) is 11.7 Å². The van der Waals surface area contributed by atoms with Crippen LogP contribution in [0, 0.1) is 5.92 Å². The molecule has 0 bridgehead atoms. The van der Waals surface area contributed by atoms with E-state index in [1.165, 1.54) is 16.9 Å². The highest BCUT2D eigenvalue weighted by atomic mass is 32.2. The SMILES string of the molecule is CC(C)CSCC(N)c1ccc(C(C)C)cc1. The molecule has 0 fully saturated rings. The van der Waals surface area contributed by atoms with Gasteiger partial charge in [0.15, 0.2) is 0 Å². The summed E-state index contributed by atoms with van der Waals surface area (Å²) in [4.78, 5) is 0. The van der Waals surface area contributed by atoms with Crippen LogP contribution in [0.25, 0.3) is 0 Å². The summed E-state index contributed by atoms with van der Waals surface area (Å²) in [5.74, 6) is 3.54. The summed E-state index contributed by atoms with van der Waals surface area (Å²) in [6.07, 6.45) is 0. The highest BCUT2D eigenvalue weighted by molar-refractivity contribution is 7.99.